The van der Waals surface area contributed by atoms with E-state index >= 15 is 0 Å². The van der Waals surface area contributed by atoms with E-state index in [0.717, 1.165) is 20.9 Å². The molecule has 3 rings (SSSR count). The molecular weight excluding hydrogens is 411 g/mol. The van der Waals surface area contributed by atoms with Gasteiger partial charge in [-0.3, -0.25) is 4.79 Å². The Morgan fingerprint density at radius 1 is 1.17 bits per heavy atom. The second kappa shape index (κ2) is 9.93. The third-order valence-electron chi connectivity index (χ3n) is 4.34. The Balaban J connectivity index is 1.71. The molecular formula is C21H23FN2O3S2. The first-order valence-electron chi connectivity index (χ1n) is 9.27. The van der Waals surface area contributed by atoms with Crippen LogP contribution in [0.4, 0.5) is 4.39 Å². The normalized spacial score (nSPS) is 11.8. The van der Waals surface area contributed by atoms with Gasteiger partial charge in [0.15, 0.2) is 16.3 Å². The standard InChI is InChI=1S/C21H23FN2O3S2/c1-4-24-16-12-17(26-2)18(27-3)13-19(16)29-21(24)23-20(25)6-5-11-28-15-9-7-14(22)8-10-15/h7-10,12-13H,4-6,11H2,1-3H3. The average Bonchev–Trinajstić information content (AvgIpc) is 3.06. The second-order valence-electron chi connectivity index (χ2n) is 6.22. The van der Waals surface area contributed by atoms with Gasteiger partial charge in [0, 0.05) is 30.0 Å². The zero-order valence-corrected chi connectivity index (χ0v) is 18.2. The number of fused-ring (bicyclic) bond motifs is 1. The Hall–Kier alpha value is -2.32. The van der Waals surface area contributed by atoms with E-state index in [0.29, 0.717) is 35.7 Å². The van der Waals surface area contributed by atoms with Gasteiger partial charge in [-0.2, -0.15) is 4.99 Å². The van der Waals surface area contributed by atoms with Crippen LogP contribution in [0.5, 0.6) is 11.5 Å². The molecule has 0 bridgehead atoms. The number of hydrogen-bond donors (Lipinski definition) is 0. The molecule has 0 unspecified atom stereocenters. The summed E-state index contributed by atoms with van der Waals surface area (Å²) in [5.74, 6) is 1.70. The minimum atomic E-state index is -0.244. The van der Waals surface area contributed by atoms with Gasteiger partial charge in [-0.25, -0.2) is 4.39 Å². The Morgan fingerprint density at radius 2 is 1.86 bits per heavy atom. The number of hydrogen-bond acceptors (Lipinski definition) is 5. The van der Waals surface area contributed by atoms with Gasteiger partial charge in [0.25, 0.3) is 0 Å². The van der Waals surface area contributed by atoms with Crippen LogP contribution in [0.25, 0.3) is 10.2 Å². The molecule has 2 aromatic carbocycles. The van der Waals surface area contributed by atoms with E-state index in [2.05, 4.69) is 4.99 Å². The summed E-state index contributed by atoms with van der Waals surface area (Å²) < 4.78 is 26.7. The van der Waals surface area contributed by atoms with Crippen LogP contribution in [0.3, 0.4) is 0 Å². The minimum Gasteiger partial charge on any atom is -0.493 e. The van der Waals surface area contributed by atoms with Crippen molar-refractivity contribution in [2.75, 3.05) is 20.0 Å². The lowest BCUT2D eigenvalue weighted by molar-refractivity contribution is -0.118. The lowest BCUT2D eigenvalue weighted by Crippen LogP contribution is -2.15. The van der Waals surface area contributed by atoms with Crippen molar-refractivity contribution in [2.24, 2.45) is 4.99 Å². The molecule has 0 fully saturated rings. The summed E-state index contributed by atoms with van der Waals surface area (Å²) in [7, 11) is 3.20. The number of carbonyl (C=O) groups is 1. The van der Waals surface area contributed by atoms with E-state index in [1.807, 2.05) is 23.6 Å². The Bertz CT molecular complexity index is 1060. The third kappa shape index (κ3) is 5.19. The van der Waals surface area contributed by atoms with E-state index in [1.54, 1.807) is 38.1 Å². The van der Waals surface area contributed by atoms with E-state index in [1.165, 1.54) is 23.5 Å². The molecule has 1 heterocycles. The molecule has 0 aliphatic carbocycles. The van der Waals surface area contributed by atoms with Crippen molar-refractivity contribution in [2.45, 2.75) is 31.2 Å². The molecule has 1 amide bonds. The minimum absolute atomic E-state index is 0.141. The van der Waals surface area contributed by atoms with Crippen LogP contribution in [0.2, 0.25) is 0 Å². The molecule has 154 valence electrons. The van der Waals surface area contributed by atoms with Crippen molar-refractivity contribution in [3.05, 3.63) is 47.0 Å². The molecule has 0 saturated heterocycles. The fraction of sp³-hybridized carbons (Fsp3) is 0.333. The number of carbonyl (C=O) groups excluding carboxylic acids is 1. The number of halogens is 1. The highest BCUT2D eigenvalue weighted by atomic mass is 32.2. The molecule has 3 aromatic rings. The Morgan fingerprint density at radius 3 is 2.52 bits per heavy atom. The smallest absolute Gasteiger partial charge is 0.248 e. The van der Waals surface area contributed by atoms with Crippen LogP contribution >= 0.6 is 23.1 Å². The number of thiazole rings is 1. The van der Waals surface area contributed by atoms with E-state index in [9.17, 15) is 9.18 Å². The number of nitrogens with zero attached hydrogens (tertiary/aromatic N) is 2. The lowest BCUT2D eigenvalue weighted by Gasteiger charge is -2.08. The highest BCUT2D eigenvalue weighted by molar-refractivity contribution is 7.99. The van der Waals surface area contributed by atoms with Gasteiger partial charge < -0.3 is 14.0 Å². The molecule has 0 atom stereocenters. The zero-order valence-electron chi connectivity index (χ0n) is 16.6. The van der Waals surface area contributed by atoms with Crippen LogP contribution in [-0.4, -0.2) is 30.4 Å². The van der Waals surface area contributed by atoms with E-state index in [-0.39, 0.29) is 11.7 Å². The summed E-state index contributed by atoms with van der Waals surface area (Å²) in [5, 5.41) is 0. The number of benzene rings is 2. The van der Waals surface area contributed by atoms with E-state index < -0.39 is 0 Å². The molecule has 0 N–H and O–H groups in total. The molecule has 0 aliphatic heterocycles. The maximum atomic E-state index is 12.9. The molecule has 5 nitrogen and oxygen atoms in total. The zero-order chi connectivity index (χ0) is 20.8. The molecule has 0 radical (unpaired) electrons. The van der Waals surface area contributed by atoms with Gasteiger partial charge in [0.05, 0.1) is 24.4 Å². The van der Waals surface area contributed by atoms with Gasteiger partial charge in [0.1, 0.15) is 5.82 Å². The van der Waals surface area contributed by atoms with E-state index in [4.69, 9.17) is 9.47 Å². The highest BCUT2D eigenvalue weighted by Gasteiger charge is 2.12. The number of aromatic nitrogens is 1. The summed E-state index contributed by atoms with van der Waals surface area (Å²) >= 11 is 3.07. The quantitative estimate of drug-likeness (QED) is 0.375. The van der Waals surface area contributed by atoms with Gasteiger partial charge in [-0.1, -0.05) is 11.3 Å². The predicted molar refractivity (Wildman–Crippen MR) is 116 cm³/mol. The molecule has 8 heteroatoms. The van der Waals surface area contributed by atoms with Gasteiger partial charge in [0.2, 0.25) is 5.91 Å². The lowest BCUT2D eigenvalue weighted by atomic mass is 10.3. The molecule has 0 saturated carbocycles. The first-order chi connectivity index (χ1) is 14.0. The van der Waals surface area contributed by atoms with Crippen LogP contribution in [-0.2, 0) is 11.3 Å². The fourth-order valence-electron chi connectivity index (χ4n) is 2.89. The van der Waals surface area contributed by atoms with Gasteiger partial charge in [-0.15, -0.1) is 11.8 Å². The van der Waals surface area contributed by atoms with Crippen molar-refractivity contribution >= 4 is 39.2 Å². The summed E-state index contributed by atoms with van der Waals surface area (Å²) in [5.41, 5.74) is 0.966. The van der Waals surface area contributed by atoms with Crippen molar-refractivity contribution in [1.82, 2.24) is 4.57 Å². The second-order valence-corrected chi connectivity index (χ2v) is 8.39. The highest BCUT2D eigenvalue weighted by Crippen LogP contribution is 2.33. The fourth-order valence-corrected chi connectivity index (χ4v) is 4.87. The van der Waals surface area contributed by atoms with Crippen LogP contribution in [0, 0.1) is 5.82 Å². The van der Waals surface area contributed by atoms with Crippen molar-refractivity contribution in [3.8, 4) is 11.5 Å². The van der Waals surface area contributed by atoms with Gasteiger partial charge >= 0.3 is 0 Å². The maximum absolute atomic E-state index is 12.9. The largest absolute Gasteiger partial charge is 0.493 e. The van der Waals surface area contributed by atoms with Crippen LogP contribution in [0.15, 0.2) is 46.3 Å². The van der Waals surface area contributed by atoms with Crippen LogP contribution in [0.1, 0.15) is 19.8 Å². The van der Waals surface area contributed by atoms with Crippen molar-refractivity contribution in [1.29, 1.82) is 0 Å². The monoisotopic (exact) mass is 434 g/mol. The number of thioether (sulfide) groups is 1. The summed E-state index contributed by atoms with van der Waals surface area (Å²) in [6.07, 6.45) is 1.09. The number of aryl methyl sites for hydroxylation is 1. The Labute approximate surface area is 177 Å². The Kier molecular flexibility index (Phi) is 7.33. The van der Waals surface area contributed by atoms with Crippen molar-refractivity contribution < 1.29 is 18.7 Å². The number of amides is 1. The summed E-state index contributed by atoms with van der Waals surface area (Å²) in [6, 6.07) is 10.2. The maximum Gasteiger partial charge on any atom is 0.248 e. The topological polar surface area (TPSA) is 52.8 Å². The van der Waals surface area contributed by atoms with Crippen LogP contribution < -0.4 is 14.3 Å². The molecule has 29 heavy (non-hydrogen) atoms. The number of methoxy groups -OCH3 is 2. The molecule has 0 spiro atoms. The van der Waals surface area contributed by atoms with Gasteiger partial charge in [-0.05, 0) is 43.4 Å². The average molecular weight is 435 g/mol. The SMILES string of the molecule is CCn1c(=NC(=O)CCCSc2ccc(F)cc2)sc2cc(OC)c(OC)cc21. The summed E-state index contributed by atoms with van der Waals surface area (Å²) in [6.45, 7) is 2.72. The summed E-state index contributed by atoms with van der Waals surface area (Å²) in [4.78, 5) is 18.4. The molecule has 1 aromatic heterocycles. The predicted octanol–water partition coefficient (Wildman–Crippen LogP) is 4.88. The van der Waals surface area contributed by atoms with Crippen molar-refractivity contribution in [3.63, 3.8) is 0 Å². The third-order valence-corrected chi connectivity index (χ3v) is 6.48. The number of ether oxygens (including phenoxy) is 2. The molecule has 0 aliphatic rings. The number of rotatable bonds is 8. The first kappa shape index (κ1) is 21.4. The first-order valence-corrected chi connectivity index (χ1v) is 11.1.